The molecule has 0 unspecified atom stereocenters. The molecule has 0 saturated carbocycles. The molecular weight excluding hydrogens is 1240 g/mol. The van der Waals surface area contributed by atoms with Crippen LogP contribution in [0.2, 0.25) is 0 Å². The van der Waals surface area contributed by atoms with Gasteiger partial charge in [-0.15, -0.1) is 5.60 Å². The number of aliphatic imine (C=N–C) groups is 1. The van der Waals surface area contributed by atoms with E-state index in [2.05, 4.69) is 98.3 Å². The zero-order valence-corrected chi connectivity index (χ0v) is 59.8. The van der Waals surface area contributed by atoms with Crippen LogP contribution in [0.4, 0.5) is 18.4 Å². The van der Waals surface area contributed by atoms with Crippen LogP contribution in [0.1, 0.15) is 131 Å². The summed E-state index contributed by atoms with van der Waals surface area (Å²) in [5.74, 6) is 0.0825. The Kier molecular flexibility index (Phi) is 30.0. The summed E-state index contributed by atoms with van der Waals surface area (Å²) in [6.07, 6.45) is 3.09. The van der Waals surface area contributed by atoms with E-state index >= 15 is 0 Å². The molecular formula is C71H77ClF2KN5O7S3. The van der Waals surface area contributed by atoms with E-state index in [4.69, 9.17) is 21.1 Å². The minimum absolute atomic E-state index is 0. The predicted octanol–water partition coefficient (Wildman–Crippen LogP) is 14.5. The van der Waals surface area contributed by atoms with Gasteiger partial charge in [-0.05, 0) is 158 Å². The van der Waals surface area contributed by atoms with E-state index in [0.717, 1.165) is 62.1 Å². The molecule has 0 amide bonds. The van der Waals surface area contributed by atoms with E-state index in [1.54, 1.807) is 46.0 Å². The third-order valence-corrected chi connectivity index (χ3v) is 13.6. The molecule has 0 spiro atoms. The van der Waals surface area contributed by atoms with Gasteiger partial charge in [0.25, 0.3) is 0 Å². The van der Waals surface area contributed by atoms with Gasteiger partial charge in [-0.25, -0.2) is 18.4 Å². The molecule has 0 fully saturated rings. The summed E-state index contributed by atoms with van der Waals surface area (Å²) in [5.41, 5.74) is 11.7. The van der Waals surface area contributed by atoms with Crippen molar-refractivity contribution in [3.63, 3.8) is 0 Å². The van der Waals surface area contributed by atoms with Crippen LogP contribution in [0.15, 0.2) is 175 Å². The zero-order valence-electron chi connectivity index (χ0n) is 53.3. The van der Waals surface area contributed by atoms with Crippen LogP contribution in [0.3, 0.4) is 0 Å². The van der Waals surface area contributed by atoms with E-state index < -0.39 is 22.5 Å². The smallest absolute Gasteiger partial charge is 0.850 e. The number of carbonyl (C=O) groups is 3. The van der Waals surface area contributed by atoms with Crippen molar-refractivity contribution < 1.29 is 93.9 Å². The van der Waals surface area contributed by atoms with Gasteiger partial charge in [-0.3, -0.25) is 9.79 Å². The van der Waals surface area contributed by atoms with Crippen molar-refractivity contribution in [1.82, 2.24) is 18.9 Å². The first kappa shape index (κ1) is 76.2. The molecule has 0 atom stereocenters. The fourth-order valence-electron chi connectivity index (χ4n) is 9.13. The Morgan fingerprint density at radius 2 is 1.00 bits per heavy atom. The molecule has 3 aromatic heterocycles. The number of esters is 1. The number of rotatable bonds is 10. The molecule has 4 heterocycles. The molecule has 0 saturated heterocycles. The Hall–Kier alpha value is -6.29. The Balaban J connectivity index is 0.000000264. The summed E-state index contributed by atoms with van der Waals surface area (Å²) in [7, 11) is 0. The first-order valence-corrected chi connectivity index (χ1v) is 30.4. The monoisotopic (exact) mass is 1320 g/mol. The number of aryl methyl sites for hydroxylation is 2. The van der Waals surface area contributed by atoms with Gasteiger partial charge in [0.15, 0.2) is 0 Å². The number of hydrogen-bond donors (Lipinski definition) is 0. The topological polar surface area (TPSA) is 142 Å². The second-order valence-corrected chi connectivity index (χ2v) is 23.9. The van der Waals surface area contributed by atoms with Gasteiger partial charge in [-0.2, -0.15) is 23.3 Å². The summed E-state index contributed by atoms with van der Waals surface area (Å²) in [6.45, 7) is 24.2. The van der Waals surface area contributed by atoms with E-state index in [1.165, 1.54) is 33.0 Å². The van der Waals surface area contributed by atoms with Gasteiger partial charge in [0.05, 0.1) is 34.7 Å². The Labute approximate surface area is 591 Å². The first-order valence-electron chi connectivity index (χ1n) is 28.7. The van der Waals surface area contributed by atoms with E-state index in [-0.39, 0.29) is 102 Å². The number of fused-ring (bicyclic) bond motifs is 4. The van der Waals surface area contributed by atoms with Crippen LogP contribution < -0.4 is 56.5 Å². The molecule has 468 valence electrons. The van der Waals surface area contributed by atoms with Gasteiger partial charge in [0, 0.05) is 79.1 Å². The van der Waals surface area contributed by atoms with E-state index in [0.29, 0.717) is 29.2 Å². The van der Waals surface area contributed by atoms with Crippen molar-refractivity contribution in [2.24, 2.45) is 10.4 Å². The molecule has 0 radical (unpaired) electrons. The van der Waals surface area contributed by atoms with Crippen molar-refractivity contribution >= 4 is 104 Å². The Bertz CT molecular complexity index is 4010. The van der Waals surface area contributed by atoms with Gasteiger partial charge >= 0.3 is 68.9 Å². The summed E-state index contributed by atoms with van der Waals surface area (Å²) < 4.78 is 48.5. The normalized spacial score (nSPS) is 11.2. The summed E-state index contributed by atoms with van der Waals surface area (Å²) in [5, 5.41) is 17.4. The Morgan fingerprint density at radius 3 is 1.42 bits per heavy atom. The van der Waals surface area contributed by atoms with Gasteiger partial charge in [-0.1, -0.05) is 139 Å². The van der Waals surface area contributed by atoms with E-state index in [1.807, 2.05) is 155 Å². The quantitative estimate of drug-likeness (QED) is 0.0562. The van der Waals surface area contributed by atoms with Crippen LogP contribution in [0, 0.1) is 30.9 Å². The van der Waals surface area contributed by atoms with Crippen molar-refractivity contribution in [2.45, 2.75) is 127 Å². The molecule has 0 N–H and O–H groups in total. The molecule has 90 heavy (non-hydrogen) atoms. The number of hydrogen-bond acceptors (Lipinski definition) is 11. The fourth-order valence-corrected chi connectivity index (χ4v) is 9.19. The van der Waals surface area contributed by atoms with Gasteiger partial charge in [0.2, 0.25) is 0 Å². The molecule has 19 heteroatoms. The minimum atomic E-state index is -0.770. The maximum Gasteiger partial charge on any atom is 1.00 e. The van der Waals surface area contributed by atoms with Crippen LogP contribution in [0.25, 0.3) is 44.1 Å². The molecule has 7 aromatic carbocycles. The SMILES string of the molecule is CC(C)(C)C(=O)OCc1ccccc1.CC(C)(C)[O-].Cc1cc(-n2c(C(C)C)cc3cc4c(cc32)C=NC4)ccc1F.Cc1cc(-n2c(C(C)C)cc3cc4c(cnn4C(=O)OCc4ccccc4)cc32)ccc1F.O=C(Cl)OCc1ccccc1.S.S=S.[K+]. The number of benzene rings is 7. The minimum Gasteiger partial charge on any atom is -0.850 e. The van der Waals surface area contributed by atoms with Crippen LogP contribution in [-0.2, 0) is 67.7 Å². The molecule has 12 nitrogen and oxygen atoms in total. The number of aromatic nitrogens is 4. The van der Waals surface area contributed by atoms with Crippen molar-refractivity contribution in [3.8, 4) is 11.4 Å². The molecule has 0 aliphatic carbocycles. The Morgan fingerprint density at radius 1 is 0.589 bits per heavy atom. The molecule has 1 aliphatic heterocycles. The fraction of sp³-hybridized carbons (Fsp3) is 0.282. The van der Waals surface area contributed by atoms with E-state index in [9.17, 15) is 28.3 Å². The standard InChI is InChI=1S/C27H24FN3O2.C20H19FN2.C12H16O2.C8H7ClO2.C4H9O.K.S2.H2S/c1-17(2)24-12-20-13-26-21(14-25(20)30(24)22-9-10-23(28)18(3)11-22)15-29-31(26)27(32)33-16-19-7-5-4-6-8-19;1-12(2)19-8-14-7-15-10-22-11-16(15)9-20(14)23(19)17-4-5-18(21)13(3)6-17;1-12(2,3)11(13)14-9-10-7-5-4-6-8-10;9-8(10)11-6-7-4-2-1-3-5-7;1-4(2,3)5;;1-2;/h4-15,17H,16H2,1-3H3;4-9,11-12H,10H2,1-3H3;4-8H,9H2,1-3H3;1-5H,6H2;1-3H3;;;1H2/q;;;;-1;+1;;. The van der Waals surface area contributed by atoms with Crippen LogP contribution in [0.5, 0.6) is 0 Å². The maximum atomic E-state index is 13.9. The second kappa shape index (κ2) is 35.5. The summed E-state index contributed by atoms with van der Waals surface area (Å²) >= 11 is 12.3. The van der Waals surface area contributed by atoms with Crippen molar-refractivity contribution in [2.75, 3.05) is 0 Å². The molecule has 11 rings (SSSR count). The number of ether oxygens (including phenoxy) is 3. The predicted molar refractivity (Wildman–Crippen MR) is 364 cm³/mol. The third kappa shape index (κ3) is 22.0. The second-order valence-electron chi connectivity index (χ2n) is 23.6. The maximum absolute atomic E-state index is 13.9. The first-order chi connectivity index (χ1) is 41.7. The summed E-state index contributed by atoms with van der Waals surface area (Å²) in [6, 6.07) is 51.8. The zero-order chi connectivity index (χ0) is 64.5. The molecule has 10 aromatic rings. The number of halogens is 3. The molecule has 0 bridgehead atoms. The summed E-state index contributed by atoms with van der Waals surface area (Å²) in [4.78, 5) is 38.7. The number of nitrogens with zero attached hydrogens (tertiary/aromatic N) is 5. The third-order valence-electron chi connectivity index (χ3n) is 13.5. The average molecular weight is 1320 g/mol. The molecule has 1 aliphatic rings. The average Bonchev–Trinajstić information content (AvgIpc) is 1.64. The van der Waals surface area contributed by atoms with Crippen LogP contribution >= 0.6 is 25.1 Å². The van der Waals surface area contributed by atoms with Crippen molar-refractivity contribution in [3.05, 3.63) is 232 Å². The number of carbonyl (C=O) groups excluding carboxylic acids is 3. The van der Waals surface area contributed by atoms with Gasteiger partial charge in [0.1, 0.15) is 31.5 Å². The van der Waals surface area contributed by atoms with Gasteiger partial charge < -0.3 is 28.5 Å². The van der Waals surface area contributed by atoms with Crippen molar-refractivity contribution in [1.29, 1.82) is 0 Å². The van der Waals surface area contributed by atoms with Crippen LogP contribution in [-0.4, -0.2) is 48.2 Å². The largest absolute Gasteiger partial charge is 1.00 e.